The normalized spacial score (nSPS) is 10.8. The van der Waals surface area contributed by atoms with E-state index < -0.39 is 28.9 Å². The zero-order chi connectivity index (χ0) is 32.0. The fourth-order valence-electron chi connectivity index (χ4n) is 4.37. The third-order valence-corrected chi connectivity index (χ3v) is 6.57. The molecule has 0 unspecified atom stereocenters. The van der Waals surface area contributed by atoms with Gasteiger partial charge in [-0.15, -0.1) is 0 Å². The minimum absolute atomic E-state index is 0.0164. The Labute approximate surface area is 253 Å². The molecular formula is C32H34FN7O4. The van der Waals surface area contributed by atoms with Gasteiger partial charge in [0.1, 0.15) is 6.54 Å². The molecule has 0 fully saturated rings. The van der Waals surface area contributed by atoms with E-state index in [4.69, 9.17) is 11.5 Å². The van der Waals surface area contributed by atoms with Crippen LogP contribution in [-0.4, -0.2) is 32.5 Å². The van der Waals surface area contributed by atoms with Crippen LogP contribution in [0.4, 0.5) is 15.9 Å². The molecule has 228 valence electrons. The first-order valence-electron chi connectivity index (χ1n) is 13.7. The van der Waals surface area contributed by atoms with E-state index in [0.29, 0.717) is 16.8 Å². The molecule has 0 aliphatic heterocycles. The van der Waals surface area contributed by atoms with Crippen molar-refractivity contribution >= 4 is 29.0 Å². The summed E-state index contributed by atoms with van der Waals surface area (Å²) in [4.78, 5) is 43.9. The van der Waals surface area contributed by atoms with Gasteiger partial charge in [-0.2, -0.15) is 0 Å². The van der Waals surface area contributed by atoms with E-state index in [1.165, 1.54) is 35.0 Å². The molecule has 0 spiro atoms. The molecule has 0 atom stereocenters. The second-order valence-corrected chi connectivity index (χ2v) is 10.5. The summed E-state index contributed by atoms with van der Waals surface area (Å²) in [6, 6.07) is 15.5. The molecule has 0 bridgehead atoms. The molecule has 4 aromatic rings. The number of amides is 2. The van der Waals surface area contributed by atoms with Gasteiger partial charge in [-0.1, -0.05) is 36.9 Å². The SMILES string of the molecule is C=C(N)c1ccc(CNC(=O)Cn2c(-c3cc(N)cc(C(=O)NCc4ccc(F)c(O)c4)c3)cnc(NC(C)C)c2=O)cc1. The van der Waals surface area contributed by atoms with E-state index in [1.807, 2.05) is 26.0 Å². The highest BCUT2D eigenvalue weighted by molar-refractivity contribution is 5.96. The molecule has 1 aromatic heterocycles. The number of carbonyl (C=O) groups excluding carboxylic acids is 2. The number of nitrogens with zero attached hydrogens (tertiary/aromatic N) is 2. The van der Waals surface area contributed by atoms with Gasteiger partial charge in [-0.3, -0.25) is 19.0 Å². The van der Waals surface area contributed by atoms with Gasteiger partial charge in [-0.25, -0.2) is 9.37 Å². The Balaban J connectivity index is 1.59. The van der Waals surface area contributed by atoms with Crippen LogP contribution in [-0.2, 0) is 24.4 Å². The van der Waals surface area contributed by atoms with Crippen LogP contribution < -0.4 is 33.0 Å². The zero-order valence-corrected chi connectivity index (χ0v) is 24.4. The molecular weight excluding hydrogens is 565 g/mol. The molecule has 4 rings (SSSR count). The van der Waals surface area contributed by atoms with Crippen molar-refractivity contribution in [3.05, 3.63) is 112 Å². The number of hydrogen-bond acceptors (Lipinski definition) is 8. The van der Waals surface area contributed by atoms with Crippen LogP contribution in [0.15, 0.2) is 78.2 Å². The number of phenolic OH excluding ortho intramolecular Hbond substituents is 1. The van der Waals surface area contributed by atoms with Gasteiger partial charge in [0, 0.05) is 41.6 Å². The van der Waals surface area contributed by atoms with E-state index in [9.17, 15) is 23.9 Å². The van der Waals surface area contributed by atoms with Crippen LogP contribution in [0.25, 0.3) is 17.0 Å². The first-order chi connectivity index (χ1) is 20.9. The lowest BCUT2D eigenvalue weighted by atomic mass is 10.1. The highest BCUT2D eigenvalue weighted by Crippen LogP contribution is 2.24. The van der Waals surface area contributed by atoms with E-state index >= 15 is 0 Å². The molecule has 44 heavy (non-hydrogen) atoms. The van der Waals surface area contributed by atoms with Crippen molar-refractivity contribution in [2.45, 2.75) is 39.5 Å². The summed E-state index contributed by atoms with van der Waals surface area (Å²) in [6.07, 6.45) is 1.44. The van der Waals surface area contributed by atoms with E-state index in [0.717, 1.165) is 17.2 Å². The van der Waals surface area contributed by atoms with Gasteiger partial charge in [0.15, 0.2) is 17.4 Å². The maximum absolute atomic E-state index is 13.5. The second kappa shape index (κ2) is 13.6. The molecule has 0 aliphatic carbocycles. The summed E-state index contributed by atoms with van der Waals surface area (Å²) in [5.41, 5.74) is 14.9. The number of hydrogen-bond donors (Lipinski definition) is 6. The van der Waals surface area contributed by atoms with Gasteiger partial charge < -0.3 is 32.5 Å². The number of nitrogens with one attached hydrogen (secondary N) is 3. The van der Waals surface area contributed by atoms with Crippen molar-refractivity contribution in [3.63, 3.8) is 0 Å². The second-order valence-electron chi connectivity index (χ2n) is 10.5. The number of aromatic hydroxyl groups is 1. The Bertz CT molecular complexity index is 1770. The third-order valence-electron chi connectivity index (χ3n) is 6.57. The Kier molecular flexibility index (Phi) is 9.64. The number of rotatable bonds is 11. The summed E-state index contributed by atoms with van der Waals surface area (Å²) in [6.45, 7) is 7.32. The van der Waals surface area contributed by atoms with Gasteiger partial charge in [0.25, 0.3) is 11.5 Å². The molecule has 1 heterocycles. The van der Waals surface area contributed by atoms with Gasteiger partial charge in [0.2, 0.25) is 5.91 Å². The molecule has 0 saturated heterocycles. The lowest BCUT2D eigenvalue weighted by Crippen LogP contribution is -2.35. The monoisotopic (exact) mass is 599 g/mol. The van der Waals surface area contributed by atoms with Crippen LogP contribution in [0.1, 0.15) is 40.9 Å². The van der Waals surface area contributed by atoms with Crippen molar-refractivity contribution in [3.8, 4) is 17.0 Å². The van der Waals surface area contributed by atoms with Crippen molar-refractivity contribution in [2.24, 2.45) is 5.73 Å². The fourth-order valence-corrected chi connectivity index (χ4v) is 4.37. The average Bonchev–Trinajstić information content (AvgIpc) is 2.98. The molecule has 2 amide bonds. The average molecular weight is 600 g/mol. The molecule has 11 nitrogen and oxygen atoms in total. The van der Waals surface area contributed by atoms with E-state index in [1.54, 1.807) is 18.2 Å². The number of phenols is 1. The van der Waals surface area contributed by atoms with Crippen molar-refractivity contribution in [1.29, 1.82) is 0 Å². The summed E-state index contributed by atoms with van der Waals surface area (Å²) in [5, 5.41) is 18.1. The number of halogens is 1. The number of nitrogen functional groups attached to an aromatic ring is 1. The lowest BCUT2D eigenvalue weighted by molar-refractivity contribution is -0.121. The number of benzene rings is 3. The maximum atomic E-state index is 13.5. The summed E-state index contributed by atoms with van der Waals surface area (Å²) in [7, 11) is 0. The van der Waals surface area contributed by atoms with Crippen molar-refractivity contribution in [2.75, 3.05) is 11.1 Å². The van der Waals surface area contributed by atoms with Crippen LogP contribution in [0.2, 0.25) is 0 Å². The van der Waals surface area contributed by atoms with Crippen LogP contribution in [0, 0.1) is 5.82 Å². The lowest BCUT2D eigenvalue weighted by Gasteiger charge is -2.17. The minimum atomic E-state index is -0.767. The topological polar surface area (TPSA) is 177 Å². The Morgan fingerprint density at radius 1 is 1.00 bits per heavy atom. The summed E-state index contributed by atoms with van der Waals surface area (Å²) in [5.74, 6) is -2.14. The first kappa shape index (κ1) is 31.3. The Hall–Kier alpha value is -5.65. The predicted molar refractivity (Wildman–Crippen MR) is 168 cm³/mol. The fraction of sp³-hybridized carbons (Fsp3) is 0.188. The van der Waals surface area contributed by atoms with E-state index in [2.05, 4.69) is 27.5 Å². The molecule has 8 N–H and O–H groups in total. The number of anilines is 2. The number of aromatic nitrogens is 2. The predicted octanol–water partition coefficient (Wildman–Crippen LogP) is 3.33. The quantitative estimate of drug-likeness (QED) is 0.142. The van der Waals surface area contributed by atoms with Crippen LogP contribution in [0.5, 0.6) is 5.75 Å². The Morgan fingerprint density at radius 2 is 1.68 bits per heavy atom. The highest BCUT2D eigenvalue weighted by atomic mass is 19.1. The van der Waals surface area contributed by atoms with Gasteiger partial charge in [-0.05, 0) is 60.9 Å². The highest BCUT2D eigenvalue weighted by Gasteiger charge is 2.18. The largest absolute Gasteiger partial charge is 0.505 e. The Morgan fingerprint density at radius 3 is 2.34 bits per heavy atom. The van der Waals surface area contributed by atoms with Gasteiger partial charge in [0.05, 0.1) is 11.9 Å². The van der Waals surface area contributed by atoms with Crippen LogP contribution >= 0.6 is 0 Å². The molecule has 12 heteroatoms. The zero-order valence-electron chi connectivity index (χ0n) is 24.4. The molecule has 3 aromatic carbocycles. The minimum Gasteiger partial charge on any atom is -0.505 e. The maximum Gasteiger partial charge on any atom is 0.294 e. The van der Waals surface area contributed by atoms with Crippen molar-refractivity contribution < 1.29 is 19.1 Å². The van der Waals surface area contributed by atoms with Gasteiger partial charge >= 0.3 is 0 Å². The summed E-state index contributed by atoms with van der Waals surface area (Å²) < 4.78 is 14.7. The third kappa shape index (κ3) is 7.79. The molecule has 0 radical (unpaired) electrons. The summed E-state index contributed by atoms with van der Waals surface area (Å²) >= 11 is 0. The van der Waals surface area contributed by atoms with Crippen molar-refractivity contribution in [1.82, 2.24) is 20.2 Å². The first-order valence-corrected chi connectivity index (χ1v) is 13.7. The molecule has 0 saturated carbocycles. The standard InChI is InChI=1S/C32H34FN7O4/c1-18(2)39-30-32(44)40(17-29(42)36-14-20-4-7-22(8-5-20)19(3)34)27(16-37-30)23-11-24(13-25(35)12-23)31(43)38-15-21-6-9-26(33)28(41)10-21/h4-13,16,18,41H,3,14-15,17,34-35H2,1-2H3,(H,36,42)(H,37,39)(H,38,43). The van der Waals surface area contributed by atoms with E-state index in [-0.39, 0.29) is 48.4 Å². The smallest absolute Gasteiger partial charge is 0.294 e. The molecule has 0 aliphatic rings. The number of carbonyl (C=O) groups is 2. The van der Waals surface area contributed by atoms with Crippen LogP contribution in [0.3, 0.4) is 0 Å². The number of nitrogens with two attached hydrogens (primary N) is 2.